The minimum absolute atomic E-state index is 0.177. The summed E-state index contributed by atoms with van der Waals surface area (Å²) in [5, 5.41) is 4.35. The van der Waals surface area contributed by atoms with Gasteiger partial charge in [-0.1, -0.05) is 12.1 Å². The number of fused-ring (bicyclic) bond motifs is 1. The predicted molar refractivity (Wildman–Crippen MR) is 100 cm³/mol. The number of nitrogens with zero attached hydrogens (tertiary/aromatic N) is 2. The number of benzene rings is 2. The second kappa shape index (κ2) is 8.13. The monoisotopic (exact) mass is 367 g/mol. The van der Waals surface area contributed by atoms with E-state index in [1.54, 1.807) is 55.5 Å². The molecule has 0 aliphatic rings. The molecular weight excluding hydrogens is 350 g/mol. The van der Waals surface area contributed by atoms with Crippen LogP contribution in [0.2, 0.25) is 0 Å². The summed E-state index contributed by atoms with van der Waals surface area (Å²) < 4.78 is 10.8. The van der Waals surface area contributed by atoms with Crippen molar-refractivity contribution >= 4 is 23.1 Å². The molecule has 8 heteroatoms. The first-order chi connectivity index (χ1) is 13.1. The number of nitrogens with one attached hydrogen (secondary N) is 1. The summed E-state index contributed by atoms with van der Waals surface area (Å²) in [6, 6.07) is 13.4. The van der Waals surface area contributed by atoms with Gasteiger partial charge in [0.05, 0.1) is 23.7 Å². The van der Waals surface area contributed by atoms with Crippen LogP contribution in [-0.2, 0) is 9.53 Å². The Labute approximate surface area is 153 Å². The zero-order valence-corrected chi connectivity index (χ0v) is 14.5. The number of hydrogen-bond acceptors (Lipinski definition) is 6. The average molecular weight is 367 g/mol. The van der Waals surface area contributed by atoms with Crippen LogP contribution in [0, 0.1) is 0 Å². The third kappa shape index (κ3) is 4.30. The van der Waals surface area contributed by atoms with E-state index in [2.05, 4.69) is 10.1 Å². The van der Waals surface area contributed by atoms with Gasteiger partial charge in [0.1, 0.15) is 5.75 Å². The van der Waals surface area contributed by atoms with E-state index in [0.717, 1.165) is 4.68 Å². The minimum atomic E-state index is -0.621. The molecule has 0 fully saturated rings. The fourth-order valence-corrected chi connectivity index (χ4v) is 2.38. The van der Waals surface area contributed by atoms with Crippen molar-refractivity contribution in [3.63, 3.8) is 0 Å². The molecule has 1 N–H and O–H groups in total. The van der Waals surface area contributed by atoms with Crippen molar-refractivity contribution in [2.75, 3.05) is 13.2 Å². The molecule has 0 atom stereocenters. The molecule has 2 aromatic carbocycles. The maximum Gasteiger partial charge on any atom is 0.349 e. The van der Waals surface area contributed by atoms with Crippen molar-refractivity contribution in [1.82, 2.24) is 9.66 Å². The topological polar surface area (TPSA) is 103 Å². The molecule has 0 amide bonds. The van der Waals surface area contributed by atoms with Crippen LogP contribution in [0.5, 0.6) is 5.75 Å². The van der Waals surface area contributed by atoms with Crippen LogP contribution >= 0.6 is 0 Å². The van der Waals surface area contributed by atoms with Crippen LogP contribution in [0.1, 0.15) is 12.5 Å². The van der Waals surface area contributed by atoms with E-state index >= 15 is 0 Å². The first-order valence-corrected chi connectivity index (χ1v) is 8.25. The van der Waals surface area contributed by atoms with E-state index in [1.165, 1.54) is 6.21 Å². The van der Waals surface area contributed by atoms with E-state index in [9.17, 15) is 14.4 Å². The van der Waals surface area contributed by atoms with Crippen molar-refractivity contribution in [1.29, 1.82) is 0 Å². The summed E-state index contributed by atoms with van der Waals surface area (Å²) in [6.07, 6.45) is 1.39. The van der Waals surface area contributed by atoms with Crippen molar-refractivity contribution < 1.29 is 14.3 Å². The Balaban J connectivity index is 1.77. The molecule has 0 aliphatic carbocycles. The Morgan fingerprint density at radius 2 is 1.89 bits per heavy atom. The quantitative estimate of drug-likeness (QED) is 0.525. The van der Waals surface area contributed by atoms with Crippen molar-refractivity contribution in [3.8, 4) is 5.75 Å². The Hall–Kier alpha value is -3.68. The number of aromatic nitrogens is 2. The SMILES string of the molecule is CCOC(=O)COc1ccc(C=Nn2c(=O)[nH]c3ccccc3c2=O)cc1. The highest BCUT2D eigenvalue weighted by molar-refractivity contribution is 5.80. The highest BCUT2D eigenvalue weighted by Crippen LogP contribution is 2.11. The second-order valence-corrected chi connectivity index (χ2v) is 5.50. The van der Waals surface area contributed by atoms with E-state index in [1.807, 2.05) is 0 Å². The molecule has 1 heterocycles. The fourth-order valence-electron chi connectivity index (χ4n) is 2.38. The molecule has 138 valence electrons. The molecule has 27 heavy (non-hydrogen) atoms. The number of carbonyl (C=O) groups excluding carboxylic acids is 1. The van der Waals surface area contributed by atoms with Gasteiger partial charge < -0.3 is 14.5 Å². The van der Waals surface area contributed by atoms with Gasteiger partial charge in [0, 0.05) is 0 Å². The molecule has 0 unspecified atom stereocenters. The van der Waals surface area contributed by atoms with Crippen LogP contribution in [0.15, 0.2) is 63.2 Å². The molecule has 0 saturated carbocycles. The molecule has 8 nitrogen and oxygen atoms in total. The Kier molecular flexibility index (Phi) is 5.46. The summed E-state index contributed by atoms with van der Waals surface area (Å²) in [7, 11) is 0. The second-order valence-electron chi connectivity index (χ2n) is 5.50. The zero-order chi connectivity index (χ0) is 19.2. The first kappa shape index (κ1) is 18.1. The van der Waals surface area contributed by atoms with E-state index in [4.69, 9.17) is 9.47 Å². The third-order valence-electron chi connectivity index (χ3n) is 3.65. The lowest BCUT2D eigenvalue weighted by atomic mass is 10.2. The number of carbonyl (C=O) groups is 1. The molecule has 0 saturated heterocycles. The molecule has 1 aromatic heterocycles. The number of ether oxygens (including phenoxy) is 2. The summed E-state index contributed by atoms with van der Waals surface area (Å²) in [5.74, 6) is 0.0407. The number of esters is 1. The molecule has 0 bridgehead atoms. The van der Waals surface area contributed by atoms with Crippen LogP contribution in [0.25, 0.3) is 10.9 Å². The minimum Gasteiger partial charge on any atom is -0.482 e. The summed E-state index contributed by atoms with van der Waals surface area (Å²) in [4.78, 5) is 38.3. The highest BCUT2D eigenvalue weighted by Gasteiger charge is 2.06. The maximum absolute atomic E-state index is 12.4. The molecule has 0 radical (unpaired) electrons. The van der Waals surface area contributed by atoms with Crippen LogP contribution in [-0.4, -0.2) is 35.1 Å². The van der Waals surface area contributed by atoms with Gasteiger partial charge in [0.2, 0.25) is 0 Å². The highest BCUT2D eigenvalue weighted by atomic mass is 16.6. The first-order valence-electron chi connectivity index (χ1n) is 8.25. The van der Waals surface area contributed by atoms with E-state index in [-0.39, 0.29) is 6.61 Å². The largest absolute Gasteiger partial charge is 0.482 e. The lowest BCUT2D eigenvalue weighted by molar-refractivity contribution is -0.145. The van der Waals surface area contributed by atoms with Gasteiger partial charge >= 0.3 is 11.7 Å². The normalized spacial score (nSPS) is 11.0. The molecule has 3 aromatic rings. The Morgan fingerprint density at radius 3 is 2.63 bits per heavy atom. The summed E-state index contributed by atoms with van der Waals surface area (Å²) in [6.45, 7) is 1.84. The van der Waals surface area contributed by atoms with Gasteiger partial charge in [-0.05, 0) is 48.9 Å². The summed E-state index contributed by atoms with van der Waals surface area (Å²) in [5.41, 5.74) is -0.00988. The smallest absolute Gasteiger partial charge is 0.349 e. The van der Waals surface area contributed by atoms with Gasteiger partial charge in [-0.3, -0.25) is 4.79 Å². The van der Waals surface area contributed by atoms with Crippen molar-refractivity contribution in [2.24, 2.45) is 5.10 Å². The Morgan fingerprint density at radius 1 is 1.15 bits per heavy atom. The number of para-hydroxylation sites is 1. The van der Waals surface area contributed by atoms with Crippen molar-refractivity contribution in [2.45, 2.75) is 6.92 Å². The van der Waals surface area contributed by atoms with E-state index < -0.39 is 17.2 Å². The fraction of sp³-hybridized carbons (Fsp3) is 0.158. The molecule has 3 rings (SSSR count). The van der Waals surface area contributed by atoms with Crippen LogP contribution in [0.3, 0.4) is 0 Å². The lowest BCUT2D eigenvalue weighted by Crippen LogP contribution is -2.32. The average Bonchev–Trinajstić information content (AvgIpc) is 2.67. The summed E-state index contributed by atoms with van der Waals surface area (Å²) >= 11 is 0. The number of H-pyrrole nitrogens is 1. The van der Waals surface area contributed by atoms with Gasteiger partial charge in [-0.2, -0.15) is 5.10 Å². The van der Waals surface area contributed by atoms with Gasteiger partial charge in [-0.25, -0.2) is 9.59 Å². The van der Waals surface area contributed by atoms with Gasteiger partial charge in [0.15, 0.2) is 6.61 Å². The molecule has 0 aliphatic heterocycles. The van der Waals surface area contributed by atoms with Gasteiger partial charge in [0.25, 0.3) is 5.56 Å². The number of hydrogen-bond donors (Lipinski definition) is 1. The van der Waals surface area contributed by atoms with Crippen LogP contribution in [0.4, 0.5) is 0 Å². The van der Waals surface area contributed by atoms with Crippen molar-refractivity contribution in [3.05, 3.63) is 74.9 Å². The Bertz CT molecular complexity index is 1100. The van der Waals surface area contributed by atoms with Crippen LogP contribution < -0.4 is 16.0 Å². The van der Waals surface area contributed by atoms with E-state index in [0.29, 0.717) is 28.8 Å². The molecular formula is C19H17N3O5. The molecule has 0 spiro atoms. The third-order valence-corrected chi connectivity index (χ3v) is 3.65. The number of rotatable bonds is 6. The zero-order valence-electron chi connectivity index (χ0n) is 14.5. The maximum atomic E-state index is 12.4. The lowest BCUT2D eigenvalue weighted by Gasteiger charge is -2.05. The standard InChI is InChI=1S/C19H17N3O5/c1-2-26-17(23)12-27-14-9-7-13(8-10-14)11-20-22-18(24)15-5-3-4-6-16(15)21-19(22)25/h3-11H,2,12H2,1H3,(H,21,25). The van der Waals surface area contributed by atoms with Gasteiger partial charge in [-0.15, -0.1) is 4.68 Å². The predicted octanol–water partition coefficient (Wildman–Crippen LogP) is 1.51. The number of aromatic amines is 1.